The minimum Gasteiger partial charge on any atom is -0.309 e. The molecule has 0 aliphatic carbocycles. The lowest BCUT2D eigenvalue weighted by molar-refractivity contribution is 0.953. The Morgan fingerprint density at radius 3 is 1.42 bits per heavy atom. The standard InChI is InChI=1S/C45H29N5/c1-2-13-31(14-3-1)43-46-44(48-45(47-43)50-41-23-10-6-19-37(41)38-20-7-11-24-42(38)50)32-27-25-30(26-28-32)33-15-12-16-34(29-33)49-39-21-8-4-17-35(39)36-18-5-9-22-40(36)49/h1-29H/i4D,5D,6D,7D,8D,9D,10D,11D,12D,15D,16D,17D,18D,19D,20D,21D,22D,23D,24D,25D,26D,27D,28D,29D. The lowest BCUT2D eigenvalue weighted by Crippen LogP contribution is -2.06. The number of hydrogen-bond donors (Lipinski definition) is 0. The fourth-order valence-electron chi connectivity index (χ4n) is 5.68. The van der Waals surface area contributed by atoms with Gasteiger partial charge in [0.2, 0.25) is 5.95 Å². The molecule has 0 saturated heterocycles. The average Bonchev–Trinajstić information content (AvgIpc) is 3.94. The van der Waals surface area contributed by atoms with E-state index in [0.717, 1.165) is 9.13 Å². The van der Waals surface area contributed by atoms with Gasteiger partial charge in [-0.25, -0.2) is 4.98 Å². The molecule has 10 aromatic rings. The molecule has 0 radical (unpaired) electrons. The topological polar surface area (TPSA) is 48.5 Å². The number of fused-ring (bicyclic) bond motifs is 6. The van der Waals surface area contributed by atoms with Gasteiger partial charge in [0.1, 0.15) is 0 Å². The average molecular weight is 664 g/mol. The molecule has 10 rings (SSSR count). The van der Waals surface area contributed by atoms with Gasteiger partial charge in [-0.15, -0.1) is 0 Å². The summed E-state index contributed by atoms with van der Waals surface area (Å²) in [4.78, 5) is 13.6. The number of para-hydroxylation sites is 4. The van der Waals surface area contributed by atoms with Gasteiger partial charge >= 0.3 is 0 Å². The minimum absolute atomic E-state index is 0.221. The Morgan fingerprint density at radius 1 is 0.380 bits per heavy atom. The van der Waals surface area contributed by atoms with Gasteiger partial charge in [0.25, 0.3) is 0 Å². The monoisotopic (exact) mass is 663 g/mol. The third kappa shape index (κ3) is 4.52. The SMILES string of the molecule is [2H]c1c([2H])c(-c2c([2H])c([2H])c(-c3nc(-c4ccccc4)nc(-n4c5c([2H])c([2H])c([2H])c([2H])c5c5c([2H])c([2H])c([2H])c([2H])c54)n3)c([2H])c2[2H])c([2H])c(-n2c3c([2H])c([2H])c([2H])c([2H])c3c3c([2H])c([2H])c([2H])c([2H])c32)c1[2H]. The number of aromatic nitrogens is 5. The van der Waals surface area contributed by atoms with Crippen molar-refractivity contribution in [2.24, 2.45) is 0 Å². The number of rotatable bonds is 5. The van der Waals surface area contributed by atoms with Crippen LogP contribution in [0.15, 0.2) is 175 Å². The molecule has 0 bridgehead atoms. The number of nitrogens with zero attached hydrogens (tertiary/aromatic N) is 5. The molecule has 234 valence electrons. The first-order valence-electron chi connectivity index (χ1n) is 26.8. The molecule has 5 heteroatoms. The molecular formula is C45H29N5. The number of benzene rings is 7. The first kappa shape index (κ1) is 13.2. The van der Waals surface area contributed by atoms with Crippen LogP contribution in [0, 0.1) is 0 Å². The van der Waals surface area contributed by atoms with Gasteiger partial charge in [0, 0.05) is 38.4 Å². The van der Waals surface area contributed by atoms with E-state index >= 15 is 0 Å². The highest BCUT2D eigenvalue weighted by Gasteiger charge is 2.18. The van der Waals surface area contributed by atoms with E-state index in [-0.39, 0.29) is 33.2 Å². The highest BCUT2D eigenvalue weighted by Crippen LogP contribution is 2.35. The molecule has 0 atom stereocenters. The van der Waals surface area contributed by atoms with Crippen LogP contribution in [-0.2, 0) is 0 Å². The van der Waals surface area contributed by atoms with Crippen LogP contribution in [0.2, 0.25) is 0 Å². The Morgan fingerprint density at radius 2 is 0.860 bits per heavy atom. The molecular weight excluding hydrogens is 611 g/mol. The van der Waals surface area contributed by atoms with Gasteiger partial charge in [0.05, 0.1) is 55.0 Å². The summed E-state index contributed by atoms with van der Waals surface area (Å²) < 4.78 is 215. The predicted molar refractivity (Wildman–Crippen MR) is 205 cm³/mol. The molecule has 5 nitrogen and oxygen atoms in total. The van der Waals surface area contributed by atoms with Gasteiger partial charge in [-0.2, -0.15) is 9.97 Å². The summed E-state index contributed by atoms with van der Waals surface area (Å²) in [7, 11) is 0. The van der Waals surface area contributed by atoms with Crippen LogP contribution < -0.4 is 0 Å². The second-order valence-electron chi connectivity index (χ2n) is 10.7. The summed E-state index contributed by atoms with van der Waals surface area (Å²) in [6.07, 6.45) is 0. The van der Waals surface area contributed by atoms with Gasteiger partial charge in [0.15, 0.2) is 11.6 Å². The van der Waals surface area contributed by atoms with Gasteiger partial charge in [-0.1, -0.05) is 139 Å². The molecule has 50 heavy (non-hydrogen) atoms. The van der Waals surface area contributed by atoms with E-state index in [4.69, 9.17) is 26.0 Å². The molecule has 0 saturated carbocycles. The van der Waals surface area contributed by atoms with Crippen molar-refractivity contribution in [3.8, 4) is 45.5 Å². The fraction of sp³-hybridized carbons (Fsp3) is 0. The Balaban J connectivity index is 1.31. The zero-order valence-electron chi connectivity index (χ0n) is 49.1. The van der Waals surface area contributed by atoms with E-state index < -0.39 is 201 Å². The van der Waals surface area contributed by atoms with Crippen molar-refractivity contribution in [3.05, 3.63) is 175 Å². The first-order valence-corrected chi connectivity index (χ1v) is 14.8. The fourth-order valence-corrected chi connectivity index (χ4v) is 5.68. The molecule has 0 amide bonds. The van der Waals surface area contributed by atoms with Crippen LogP contribution in [0.25, 0.3) is 89.2 Å². The summed E-state index contributed by atoms with van der Waals surface area (Å²) in [6, 6.07) is -11.7. The molecule has 3 heterocycles. The zero-order chi connectivity index (χ0) is 53.9. The Kier molecular flexibility index (Phi) is 3.01. The Bertz CT molecular complexity index is 4060. The van der Waals surface area contributed by atoms with Gasteiger partial charge < -0.3 is 4.57 Å². The Hall–Kier alpha value is -6.85. The van der Waals surface area contributed by atoms with Crippen molar-refractivity contribution in [2.45, 2.75) is 0 Å². The van der Waals surface area contributed by atoms with Crippen molar-refractivity contribution < 1.29 is 32.9 Å². The van der Waals surface area contributed by atoms with E-state index in [1.54, 1.807) is 30.3 Å². The van der Waals surface area contributed by atoms with Crippen LogP contribution >= 0.6 is 0 Å². The van der Waals surface area contributed by atoms with E-state index in [1.807, 2.05) is 0 Å². The third-order valence-corrected chi connectivity index (χ3v) is 7.85. The van der Waals surface area contributed by atoms with Crippen LogP contribution in [0.5, 0.6) is 0 Å². The maximum Gasteiger partial charge on any atom is 0.238 e. The third-order valence-electron chi connectivity index (χ3n) is 7.85. The number of hydrogen-bond acceptors (Lipinski definition) is 3. The quantitative estimate of drug-likeness (QED) is 0.184. The van der Waals surface area contributed by atoms with Crippen LogP contribution in [0.3, 0.4) is 0 Å². The predicted octanol–water partition coefficient (Wildman–Crippen LogP) is 11.1. The van der Waals surface area contributed by atoms with Crippen molar-refractivity contribution >= 4 is 43.6 Å². The molecule has 0 spiro atoms. The summed E-state index contributed by atoms with van der Waals surface area (Å²) in [6.45, 7) is 0. The molecule has 3 aromatic heterocycles. The highest BCUT2D eigenvalue weighted by molar-refractivity contribution is 6.10. The van der Waals surface area contributed by atoms with E-state index in [1.165, 1.54) is 0 Å². The Labute approximate surface area is 322 Å². The van der Waals surface area contributed by atoms with Crippen molar-refractivity contribution in [3.63, 3.8) is 0 Å². The van der Waals surface area contributed by atoms with Crippen LogP contribution in [0.1, 0.15) is 32.9 Å². The summed E-state index contributed by atoms with van der Waals surface area (Å²) in [5, 5.41) is -1.50. The zero-order valence-corrected chi connectivity index (χ0v) is 25.1. The molecule has 7 aromatic carbocycles. The van der Waals surface area contributed by atoms with Crippen molar-refractivity contribution in [2.75, 3.05) is 0 Å². The molecule has 0 aliphatic heterocycles. The molecule has 0 N–H and O–H groups in total. The largest absolute Gasteiger partial charge is 0.309 e. The second-order valence-corrected chi connectivity index (χ2v) is 10.7. The molecule has 0 fully saturated rings. The summed E-state index contributed by atoms with van der Waals surface area (Å²) in [5.74, 6) is -1.38. The van der Waals surface area contributed by atoms with E-state index in [9.17, 15) is 6.85 Å². The van der Waals surface area contributed by atoms with Crippen molar-refractivity contribution in [1.29, 1.82) is 0 Å². The lowest BCUT2D eigenvalue weighted by Gasteiger charge is -2.12. The van der Waals surface area contributed by atoms with Crippen LogP contribution in [-0.4, -0.2) is 24.1 Å². The van der Waals surface area contributed by atoms with Crippen LogP contribution in [0.4, 0.5) is 0 Å². The highest BCUT2D eigenvalue weighted by atomic mass is 15.2. The molecule has 0 unspecified atom stereocenters. The molecule has 0 aliphatic rings. The summed E-state index contributed by atoms with van der Waals surface area (Å²) >= 11 is 0. The maximum absolute atomic E-state index is 9.61. The van der Waals surface area contributed by atoms with Crippen molar-refractivity contribution in [1.82, 2.24) is 24.1 Å². The summed E-state index contributed by atoms with van der Waals surface area (Å²) in [5.41, 5.74) is -4.58. The minimum atomic E-state index is -0.986. The first-order chi connectivity index (χ1) is 34.8. The maximum atomic E-state index is 9.61. The smallest absolute Gasteiger partial charge is 0.238 e. The van der Waals surface area contributed by atoms with E-state index in [2.05, 4.69) is 15.0 Å². The normalized spacial score (nSPS) is 18.3. The van der Waals surface area contributed by atoms with E-state index in [0.29, 0.717) is 0 Å². The second kappa shape index (κ2) is 11.4. The lowest BCUT2D eigenvalue weighted by atomic mass is 10.0. The van der Waals surface area contributed by atoms with Gasteiger partial charge in [-0.3, -0.25) is 4.57 Å². The van der Waals surface area contributed by atoms with Gasteiger partial charge in [-0.05, 0) is 47.4 Å².